The minimum atomic E-state index is -0.0484. The van der Waals surface area contributed by atoms with Crippen molar-refractivity contribution in [3.8, 4) is 0 Å². The van der Waals surface area contributed by atoms with Crippen molar-refractivity contribution in [3.05, 3.63) is 35.4 Å². The smallest absolute Gasteiger partial charge is 0.237 e. The molecule has 2 heterocycles. The quantitative estimate of drug-likeness (QED) is 0.658. The topological polar surface area (TPSA) is 47.6 Å². The number of carbonyl (C=O) groups is 1. The number of benzene rings is 1. The first-order valence-corrected chi connectivity index (χ1v) is 13.0. The zero-order valence-electron chi connectivity index (χ0n) is 21.1. The van der Waals surface area contributed by atoms with Crippen molar-refractivity contribution in [3.63, 3.8) is 0 Å². The van der Waals surface area contributed by atoms with Crippen molar-refractivity contribution in [2.24, 2.45) is 23.2 Å². The number of hydrogen-bond donors (Lipinski definition) is 2. The number of anilines is 1. The monoisotopic (exact) mass is 450 g/mol. The van der Waals surface area contributed by atoms with Crippen LogP contribution in [-0.4, -0.2) is 56.6 Å². The standard InChI is InChI=1S/C28H42N4O/c1-18(30-27(33)26-25-24(17-29-26)28(25,2)3)23-11-10-22(16-20(23)9-8-19-6-7-19)32(5)21-12-14-31(4)15-13-21/h8-11,16,18-19,21,24-26,29H,6-7,12-15,17H2,1-5H3,(H,30,33)/b9-8+/t18-,24?,25?,26-/m0/s1. The summed E-state index contributed by atoms with van der Waals surface area (Å²) in [6, 6.07) is 7.36. The van der Waals surface area contributed by atoms with Gasteiger partial charge in [0.1, 0.15) is 0 Å². The molecule has 4 fully saturated rings. The number of fused-ring (bicyclic) bond motifs is 1. The number of likely N-dealkylation sites (tertiary alicyclic amines) is 1. The van der Waals surface area contributed by atoms with Crippen LogP contribution in [-0.2, 0) is 4.79 Å². The van der Waals surface area contributed by atoms with Crippen LogP contribution in [0.4, 0.5) is 5.69 Å². The van der Waals surface area contributed by atoms with E-state index in [1.165, 1.54) is 55.6 Å². The molecule has 0 spiro atoms. The Balaban J connectivity index is 1.32. The number of amides is 1. The molecule has 5 rings (SSSR count). The third-order valence-electron chi connectivity index (χ3n) is 9.05. The van der Waals surface area contributed by atoms with E-state index in [2.05, 4.69) is 85.7 Å². The largest absolute Gasteiger partial charge is 0.371 e. The van der Waals surface area contributed by atoms with Crippen LogP contribution in [0.2, 0.25) is 0 Å². The second-order valence-corrected chi connectivity index (χ2v) is 11.7. The minimum absolute atomic E-state index is 0.0123. The van der Waals surface area contributed by atoms with E-state index in [0.717, 1.165) is 12.5 Å². The van der Waals surface area contributed by atoms with Crippen LogP contribution in [0, 0.1) is 23.2 Å². The minimum Gasteiger partial charge on any atom is -0.371 e. The van der Waals surface area contributed by atoms with Crippen LogP contribution in [0.3, 0.4) is 0 Å². The van der Waals surface area contributed by atoms with Crippen molar-refractivity contribution in [1.29, 1.82) is 0 Å². The number of hydrogen-bond acceptors (Lipinski definition) is 4. The molecule has 2 saturated carbocycles. The number of piperidine rings is 2. The number of nitrogens with one attached hydrogen (secondary N) is 2. The molecule has 1 aromatic rings. The molecule has 0 bridgehead atoms. The highest BCUT2D eigenvalue weighted by atomic mass is 16.2. The van der Waals surface area contributed by atoms with Gasteiger partial charge in [0.05, 0.1) is 12.1 Å². The molecule has 0 aromatic heterocycles. The maximum Gasteiger partial charge on any atom is 0.237 e. The number of allylic oxidation sites excluding steroid dienone is 1. The lowest BCUT2D eigenvalue weighted by Gasteiger charge is -2.36. The van der Waals surface area contributed by atoms with Gasteiger partial charge in [-0.05, 0) is 106 Å². The molecular formula is C28H42N4O. The Morgan fingerprint density at radius 2 is 1.97 bits per heavy atom. The summed E-state index contributed by atoms with van der Waals surface area (Å²) in [5.74, 6) is 2.01. The maximum absolute atomic E-state index is 13.1. The van der Waals surface area contributed by atoms with Gasteiger partial charge in [-0.3, -0.25) is 4.79 Å². The van der Waals surface area contributed by atoms with Crippen LogP contribution in [0.5, 0.6) is 0 Å². The molecule has 5 heteroatoms. The summed E-state index contributed by atoms with van der Waals surface area (Å²) in [5.41, 5.74) is 4.04. The molecule has 1 aromatic carbocycles. The van der Waals surface area contributed by atoms with Gasteiger partial charge in [0.2, 0.25) is 5.91 Å². The van der Waals surface area contributed by atoms with Crippen LogP contribution >= 0.6 is 0 Å². The Morgan fingerprint density at radius 3 is 2.61 bits per heavy atom. The summed E-state index contributed by atoms with van der Waals surface area (Å²) in [7, 11) is 4.46. The maximum atomic E-state index is 13.1. The first-order valence-electron chi connectivity index (χ1n) is 13.0. The van der Waals surface area contributed by atoms with E-state index in [9.17, 15) is 4.79 Å². The fourth-order valence-electron chi connectivity index (χ4n) is 6.30. The second kappa shape index (κ2) is 8.74. The molecular weight excluding hydrogens is 408 g/mol. The van der Waals surface area contributed by atoms with Crippen LogP contribution in [0.1, 0.15) is 63.6 Å². The summed E-state index contributed by atoms with van der Waals surface area (Å²) >= 11 is 0. The summed E-state index contributed by atoms with van der Waals surface area (Å²) in [4.78, 5) is 18.0. The highest BCUT2D eigenvalue weighted by Crippen LogP contribution is 2.62. The highest BCUT2D eigenvalue weighted by Gasteiger charge is 2.65. The van der Waals surface area contributed by atoms with Gasteiger partial charge in [0.15, 0.2) is 0 Å². The molecule has 4 aliphatic rings. The summed E-state index contributed by atoms with van der Waals surface area (Å²) in [5, 5.41) is 6.80. The fourth-order valence-corrected chi connectivity index (χ4v) is 6.30. The van der Waals surface area contributed by atoms with E-state index in [1.807, 2.05) is 0 Å². The first kappa shape index (κ1) is 22.9. The predicted octanol–water partition coefficient (Wildman–Crippen LogP) is 4.06. The van der Waals surface area contributed by atoms with Crippen molar-refractivity contribution < 1.29 is 4.79 Å². The molecule has 180 valence electrons. The van der Waals surface area contributed by atoms with Crippen molar-refractivity contribution in [2.75, 3.05) is 38.6 Å². The lowest BCUT2D eigenvalue weighted by atomic mass is 9.97. The summed E-state index contributed by atoms with van der Waals surface area (Å²) in [6.45, 7) is 10.0. The second-order valence-electron chi connectivity index (χ2n) is 11.7. The van der Waals surface area contributed by atoms with E-state index >= 15 is 0 Å². The zero-order chi connectivity index (χ0) is 23.3. The Hall–Kier alpha value is -1.85. The van der Waals surface area contributed by atoms with E-state index in [-0.39, 0.29) is 18.0 Å². The van der Waals surface area contributed by atoms with E-state index in [1.54, 1.807) is 0 Å². The fraction of sp³-hybridized carbons (Fsp3) is 0.679. The van der Waals surface area contributed by atoms with Crippen molar-refractivity contribution in [1.82, 2.24) is 15.5 Å². The SMILES string of the molecule is C[C@H](NC(=O)[C@H]1NCC2C1C2(C)C)c1ccc(N(C)C2CCN(C)CC2)cc1/C=C/C1CC1. The van der Waals surface area contributed by atoms with E-state index < -0.39 is 0 Å². The Kier molecular flexibility index (Phi) is 6.07. The van der Waals surface area contributed by atoms with Gasteiger partial charge in [-0.2, -0.15) is 0 Å². The Labute approximate surface area is 200 Å². The van der Waals surface area contributed by atoms with Gasteiger partial charge >= 0.3 is 0 Å². The first-order chi connectivity index (χ1) is 15.8. The number of nitrogens with zero attached hydrogens (tertiary/aromatic N) is 2. The third kappa shape index (κ3) is 4.59. The highest BCUT2D eigenvalue weighted by molar-refractivity contribution is 5.84. The van der Waals surface area contributed by atoms with Gasteiger partial charge in [-0.15, -0.1) is 0 Å². The number of rotatable bonds is 7. The van der Waals surface area contributed by atoms with Crippen LogP contribution in [0.15, 0.2) is 24.3 Å². The third-order valence-corrected chi connectivity index (χ3v) is 9.05. The van der Waals surface area contributed by atoms with Crippen molar-refractivity contribution in [2.45, 2.75) is 64.6 Å². The average Bonchev–Trinajstić information content (AvgIpc) is 3.65. The normalized spacial score (nSPS) is 30.3. The molecule has 1 amide bonds. The van der Waals surface area contributed by atoms with Crippen molar-refractivity contribution >= 4 is 17.7 Å². The number of carbonyl (C=O) groups excluding carboxylic acids is 1. The lowest BCUT2D eigenvalue weighted by molar-refractivity contribution is -0.124. The molecule has 5 nitrogen and oxygen atoms in total. The van der Waals surface area contributed by atoms with E-state index in [4.69, 9.17) is 0 Å². The molecule has 2 aliphatic carbocycles. The zero-order valence-corrected chi connectivity index (χ0v) is 21.1. The lowest BCUT2D eigenvalue weighted by Crippen LogP contribution is -2.45. The summed E-state index contributed by atoms with van der Waals surface area (Å²) < 4.78 is 0. The molecule has 0 radical (unpaired) electrons. The van der Waals surface area contributed by atoms with Crippen LogP contribution < -0.4 is 15.5 Å². The molecule has 4 atom stereocenters. The predicted molar refractivity (Wildman–Crippen MR) is 136 cm³/mol. The molecule has 2 N–H and O–H groups in total. The van der Waals surface area contributed by atoms with Gasteiger partial charge in [0, 0.05) is 18.8 Å². The molecule has 2 unspecified atom stereocenters. The Morgan fingerprint density at radius 1 is 1.24 bits per heavy atom. The average molecular weight is 451 g/mol. The molecule has 2 aliphatic heterocycles. The van der Waals surface area contributed by atoms with Gasteiger partial charge in [-0.25, -0.2) is 0 Å². The Bertz CT molecular complexity index is 912. The van der Waals surface area contributed by atoms with Gasteiger partial charge in [0.25, 0.3) is 0 Å². The van der Waals surface area contributed by atoms with Crippen LogP contribution in [0.25, 0.3) is 6.08 Å². The van der Waals surface area contributed by atoms with Gasteiger partial charge < -0.3 is 20.4 Å². The molecule has 33 heavy (non-hydrogen) atoms. The van der Waals surface area contributed by atoms with E-state index in [0.29, 0.717) is 23.3 Å². The van der Waals surface area contributed by atoms with Gasteiger partial charge in [-0.1, -0.05) is 32.1 Å². The summed E-state index contributed by atoms with van der Waals surface area (Å²) in [6.07, 6.45) is 9.69. The molecule has 2 saturated heterocycles.